The van der Waals surface area contributed by atoms with Crippen LogP contribution in [0.15, 0.2) is 0 Å². The first-order chi connectivity index (χ1) is 7.36. The molecular weight excluding hydrogens is 226 g/mol. The number of alkyl halides is 4. The Kier molecular flexibility index (Phi) is 3.89. The van der Waals surface area contributed by atoms with Gasteiger partial charge in [-0.3, -0.25) is 4.79 Å². The van der Waals surface area contributed by atoms with Gasteiger partial charge in [0.05, 0.1) is 5.92 Å². The van der Waals surface area contributed by atoms with E-state index in [1.165, 1.54) is 6.07 Å². The second kappa shape index (κ2) is 4.81. The van der Waals surface area contributed by atoms with E-state index < -0.39 is 30.0 Å². The second-order valence-corrected chi connectivity index (χ2v) is 3.98. The SMILES string of the molecule is N#CC(F)C(=O)C1CCC(C(F)(F)F)CC1. The van der Waals surface area contributed by atoms with Crippen molar-refractivity contribution in [2.45, 2.75) is 38.0 Å². The van der Waals surface area contributed by atoms with E-state index >= 15 is 0 Å². The van der Waals surface area contributed by atoms with Gasteiger partial charge in [-0.2, -0.15) is 18.4 Å². The third-order valence-corrected chi connectivity index (χ3v) is 2.96. The van der Waals surface area contributed by atoms with E-state index in [1.54, 1.807) is 0 Å². The number of halogens is 4. The predicted molar refractivity (Wildman–Crippen MR) is 47.0 cm³/mol. The molecule has 1 atom stereocenters. The first-order valence-corrected chi connectivity index (χ1v) is 5.00. The van der Waals surface area contributed by atoms with Crippen LogP contribution in [0.5, 0.6) is 0 Å². The van der Waals surface area contributed by atoms with Gasteiger partial charge in [0, 0.05) is 5.92 Å². The van der Waals surface area contributed by atoms with Crippen molar-refractivity contribution < 1.29 is 22.4 Å². The molecule has 2 nitrogen and oxygen atoms in total. The number of carbonyl (C=O) groups excluding carboxylic acids is 1. The molecule has 0 amide bonds. The Balaban J connectivity index is 2.50. The van der Waals surface area contributed by atoms with Crippen molar-refractivity contribution in [1.29, 1.82) is 5.26 Å². The molecular formula is C10H11F4NO. The van der Waals surface area contributed by atoms with Crippen LogP contribution in [-0.2, 0) is 4.79 Å². The van der Waals surface area contributed by atoms with Gasteiger partial charge in [0.2, 0.25) is 6.17 Å². The molecule has 0 bridgehead atoms. The Morgan fingerprint density at radius 3 is 2.12 bits per heavy atom. The van der Waals surface area contributed by atoms with Crippen LogP contribution in [0.25, 0.3) is 0 Å². The van der Waals surface area contributed by atoms with Crippen molar-refractivity contribution in [2.24, 2.45) is 11.8 Å². The topological polar surface area (TPSA) is 40.9 Å². The summed E-state index contributed by atoms with van der Waals surface area (Å²) in [6.45, 7) is 0. The Morgan fingerprint density at radius 1 is 1.25 bits per heavy atom. The number of ketones is 1. The zero-order valence-electron chi connectivity index (χ0n) is 8.43. The molecule has 0 aromatic heterocycles. The molecule has 0 saturated heterocycles. The average Bonchev–Trinajstić information content (AvgIpc) is 2.26. The smallest absolute Gasteiger partial charge is 0.295 e. The molecule has 0 spiro atoms. The summed E-state index contributed by atoms with van der Waals surface area (Å²) in [6, 6.07) is 1.17. The quantitative estimate of drug-likeness (QED) is 0.693. The number of rotatable bonds is 2. The molecule has 0 aromatic carbocycles. The zero-order chi connectivity index (χ0) is 12.3. The summed E-state index contributed by atoms with van der Waals surface area (Å²) in [4.78, 5) is 11.2. The average molecular weight is 237 g/mol. The lowest BCUT2D eigenvalue weighted by atomic mass is 9.79. The van der Waals surface area contributed by atoms with Crippen LogP contribution in [0.2, 0.25) is 0 Å². The molecule has 90 valence electrons. The van der Waals surface area contributed by atoms with Crippen LogP contribution >= 0.6 is 0 Å². The minimum absolute atomic E-state index is 0.0190. The summed E-state index contributed by atoms with van der Waals surface area (Å²) in [7, 11) is 0. The molecule has 16 heavy (non-hydrogen) atoms. The molecule has 1 fully saturated rings. The third kappa shape index (κ3) is 2.94. The van der Waals surface area contributed by atoms with E-state index in [1.807, 2.05) is 0 Å². The molecule has 1 saturated carbocycles. The molecule has 6 heteroatoms. The highest BCUT2D eigenvalue weighted by molar-refractivity contribution is 5.87. The van der Waals surface area contributed by atoms with Crippen molar-refractivity contribution in [1.82, 2.24) is 0 Å². The van der Waals surface area contributed by atoms with E-state index in [2.05, 4.69) is 0 Å². The van der Waals surface area contributed by atoms with Gasteiger partial charge >= 0.3 is 6.18 Å². The maximum absolute atomic E-state index is 12.7. The van der Waals surface area contributed by atoms with Gasteiger partial charge in [0.25, 0.3) is 0 Å². The van der Waals surface area contributed by atoms with Gasteiger partial charge in [-0.15, -0.1) is 0 Å². The minimum atomic E-state index is -4.24. The van der Waals surface area contributed by atoms with Crippen LogP contribution in [0, 0.1) is 23.2 Å². The summed E-state index contributed by atoms with van der Waals surface area (Å²) < 4.78 is 49.6. The molecule has 0 N–H and O–H groups in total. The first-order valence-electron chi connectivity index (χ1n) is 5.00. The van der Waals surface area contributed by atoms with Crippen LogP contribution in [-0.4, -0.2) is 18.1 Å². The highest BCUT2D eigenvalue weighted by Gasteiger charge is 2.43. The second-order valence-electron chi connectivity index (χ2n) is 3.98. The van der Waals surface area contributed by atoms with Crippen LogP contribution in [0.4, 0.5) is 17.6 Å². The first kappa shape index (κ1) is 12.9. The zero-order valence-corrected chi connectivity index (χ0v) is 8.43. The van der Waals surface area contributed by atoms with Crippen molar-refractivity contribution in [3.05, 3.63) is 0 Å². The Bertz CT molecular complexity index is 299. The number of Topliss-reactive ketones (excluding diaryl/α,β-unsaturated/α-hetero) is 1. The normalized spacial score (nSPS) is 28.2. The molecule has 0 heterocycles. The lowest BCUT2D eigenvalue weighted by Gasteiger charge is -2.28. The number of carbonyl (C=O) groups is 1. The summed E-state index contributed by atoms with van der Waals surface area (Å²) >= 11 is 0. The van der Waals surface area contributed by atoms with Crippen LogP contribution in [0.3, 0.4) is 0 Å². The van der Waals surface area contributed by atoms with Gasteiger partial charge in [-0.05, 0) is 25.7 Å². The Labute approximate surface area is 90.2 Å². The van der Waals surface area contributed by atoms with Gasteiger partial charge in [-0.25, -0.2) is 4.39 Å². The van der Waals surface area contributed by atoms with E-state index in [9.17, 15) is 22.4 Å². The number of hydrogen-bond donors (Lipinski definition) is 0. The monoisotopic (exact) mass is 237 g/mol. The molecule has 0 radical (unpaired) electrons. The lowest BCUT2D eigenvalue weighted by Crippen LogP contribution is -2.32. The standard InChI is InChI=1S/C10H11F4NO/c11-8(5-15)9(16)6-1-3-7(4-2-6)10(12,13)14/h6-8H,1-4H2. The largest absolute Gasteiger partial charge is 0.391 e. The van der Waals surface area contributed by atoms with E-state index in [4.69, 9.17) is 5.26 Å². The number of nitrogens with zero attached hydrogens (tertiary/aromatic N) is 1. The lowest BCUT2D eigenvalue weighted by molar-refractivity contribution is -0.184. The molecule has 1 aliphatic carbocycles. The summed E-state index contributed by atoms with van der Waals surface area (Å²) in [5.74, 6) is -2.99. The maximum atomic E-state index is 12.7. The molecule has 1 rings (SSSR count). The van der Waals surface area contributed by atoms with Crippen molar-refractivity contribution >= 4 is 5.78 Å². The fraction of sp³-hybridized carbons (Fsp3) is 0.800. The van der Waals surface area contributed by atoms with Gasteiger partial charge in [0.15, 0.2) is 5.78 Å². The Hall–Kier alpha value is -1.12. The van der Waals surface area contributed by atoms with Gasteiger partial charge in [0.1, 0.15) is 6.07 Å². The maximum Gasteiger partial charge on any atom is 0.391 e. The molecule has 0 aromatic rings. The summed E-state index contributed by atoms with van der Waals surface area (Å²) in [5.41, 5.74) is 0. The van der Waals surface area contributed by atoms with Gasteiger partial charge in [-0.1, -0.05) is 0 Å². The highest BCUT2D eigenvalue weighted by Crippen LogP contribution is 2.39. The number of hydrogen-bond acceptors (Lipinski definition) is 2. The fourth-order valence-electron chi connectivity index (χ4n) is 1.98. The van der Waals surface area contributed by atoms with Crippen molar-refractivity contribution in [2.75, 3.05) is 0 Å². The predicted octanol–water partition coefficient (Wildman–Crippen LogP) is 2.79. The highest BCUT2D eigenvalue weighted by atomic mass is 19.4. The molecule has 0 aliphatic heterocycles. The summed E-state index contributed by atoms with van der Waals surface area (Å²) in [5, 5.41) is 8.19. The third-order valence-electron chi connectivity index (χ3n) is 2.96. The summed E-state index contributed by atoms with van der Waals surface area (Å²) in [6.07, 6.45) is -6.71. The Morgan fingerprint density at radius 2 is 1.75 bits per heavy atom. The van der Waals surface area contributed by atoms with Crippen LogP contribution in [0.1, 0.15) is 25.7 Å². The fourth-order valence-corrected chi connectivity index (χ4v) is 1.98. The van der Waals surface area contributed by atoms with Crippen molar-refractivity contribution in [3.63, 3.8) is 0 Å². The molecule has 1 unspecified atom stereocenters. The number of nitriles is 1. The van der Waals surface area contributed by atoms with E-state index in [0.717, 1.165) is 0 Å². The van der Waals surface area contributed by atoms with Crippen molar-refractivity contribution in [3.8, 4) is 6.07 Å². The minimum Gasteiger partial charge on any atom is -0.295 e. The van der Waals surface area contributed by atoms with Gasteiger partial charge < -0.3 is 0 Å². The van der Waals surface area contributed by atoms with E-state index in [0.29, 0.717) is 0 Å². The van der Waals surface area contributed by atoms with E-state index in [-0.39, 0.29) is 25.7 Å². The van der Waals surface area contributed by atoms with Crippen LogP contribution < -0.4 is 0 Å². The molecule has 1 aliphatic rings.